The van der Waals surface area contributed by atoms with E-state index < -0.39 is 20.0 Å². The number of phosphoric ester groups is 1. The predicted octanol–water partition coefficient (Wildman–Crippen LogP) is 21.8. The molecular formula is C72H137N2O7P. The molecule has 0 spiro atoms. The van der Waals surface area contributed by atoms with E-state index >= 15 is 0 Å². The minimum absolute atomic E-state index is 0.0199. The number of unbranched alkanes of at least 4 members (excludes halogenated alkanes) is 43. The number of phosphoric acid groups is 1. The molecule has 0 bridgehead atoms. The zero-order valence-electron chi connectivity index (χ0n) is 55.2. The number of carbonyl (C=O) groups excluding carboxylic acids is 2. The molecule has 3 atom stereocenters. The first kappa shape index (κ1) is 80.0. The van der Waals surface area contributed by atoms with Gasteiger partial charge in [-0.3, -0.25) is 14.2 Å². The number of ether oxygens (including phenoxy) is 1. The number of nitrogens with one attached hydrogen (secondary N) is 1. The van der Waals surface area contributed by atoms with Crippen molar-refractivity contribution in [1.82, 2.24) is 5.32 Å². The average molecular weight is 1170 g/mol. The molecule has 0 aliphatic heterocycles. The predicted molar refractivity (Wildman–Crippen MR) is 353 cm³/mol. The average Bonchev–Trinajstić information content (AvgIpc) is 3.45. The van der Waals surface area contributed by atoms with Crippen molar-refractivity contribution in [2.75, 3.05) is 40.9 Å². The van der Waals surface area contributed by atoms with Crippen molar-refractivity contribution < 1.29 is 37.3 Å². The van der Waals surface area contributed by atoms with Crippen LogP contribution in [0.1, 0.15) is 348 Å². The summed E-state index contributed by atoms with van der Waals surface area (Å²) in [6.45, 7) is 6.87. The van der Waals surface area contributed by atoms with Crippen LogP contribution in [0, 0.1) is 0 Å². The van der Waals surface area contributed by atoms with E-state index in [4.69, 9.17) is 13.8 Å². The van der Waals surface area contributed by atoms with Crippen LogP contribution >= 0.6 is 7.82 Å². The fraction of sp³-hybridized carbons (Fsp3) is 0.861. The number of likely N-dealkylation sites (N-methyl/N-ethyl adjacent to an activating group) is 1. The number of quaternary nitrogens is 1. The molecule has 3 unspecified atom stereocenters. The van der Waals surface area contributed by atoms with E-state index in [1.807, 2.05) is 33.3 Å². The van der Waals surface area contributed by atoms with Gasteiger partial charge in [-0.2, -0.15) is 0 Å². The summed E-state index contributed by atoms with van der Waals surface area (Å²) in [5, 5.41) is 3.05. The highest BCUT2D eigenvalue weighted by Crippen LogP contribution is 2.38. The van der Waals surface area contributed by atoms with Crippen molar-refractivity contribution >= 4 is 19.7 Å². The van der Waals surface area contributed by atoms with Gasteiger partial charge in [0.05, 0.1) is 33.8 Å². The Kier molecular flexibility index (Phi) is 60.5. The van der Waals surface area contributed by atoms with E-state index in [0.29, 0.717) is 17.4 Å². The molecule has 0 radical (unpaired) electrons. The van der Waals surface area contributed by atoms with E-state index in [-0.39, 0.29) is 31.5 Å². The summed E-state index contributed by atoms with van der Waals surface area (Å²) in [5.74, 6) is -0.524. The Morgan fingerprint density at radius 1 is 0.427 bits per heavy atom. The summed E-state index contributed by atoms with van der Waals surface area (Å²) in [5.41, 5.74) is 0. The molecule has 482 valence electrons. The summed E-state index contributed by atoms with van der Waals surface area (Å²) < 4.78 is 30.4. The van der Waals surface area contributed by atoms with Gasteiger partial charge in [0.25, 0.3) is 7.82 Å². The third kappa shape index (κ3) is 62.5. The van der Waals surface area contributed by atoms with Crippen molar-refractivity contribution in [2.45, 2.75) is 360 Å². The molecule has 0 saturated heterocycles. The molecule has 10 heteroatoms. The molecule has 0 fully saturated rings. The molecule has 1 amide bonds. The second kappa shape index (κ2) is 62.0. The van der Waals surface area contributed by atoms with Crippen LogP contribution in [0.2, 0.25) is 0 Å². The first-order valence-electron chi connectivity index (χ1n) is 35.4. The van der Waals surface area contributed by atoms with Gasteiger partial charge in [-0.1, -0.05) is 314 Å². The minimum Gasteiger partial charge on any atom is -0.756 e. The first-order valence-corrected chi connectivity index (χ1v) is 36.9. The highest BCUT2D eigenvalue weighted by atomic mass is 31.2. The maximum Gasteiger partial charge on any atom is 0.306 e. The van der Waals surface area contributed by atoms with Crippen LogP contribution in [0.5, 0.6) is 0 Å². The number of esters is 1. The summed E-state index contributed by atoms with van der Waals surface area (Å²) in [6.07, 6.45) is 78.0. The number of nitrogens with zero attached hydrogens (tertiary/aromatic N) is 1. The lowest BCUT2D eigenvalue weighted by Gasteiger charge is -2.30. The number of hydrogen-bond donors (Lipinski definition) is 1. The smallest absolute Gasteiger partial charge is 0.306 e. The number of carbonyl (C=O) groups is 2. The van der Waals surface area contributed by atoms with Gasteiger partial charge in [-0.15, -0.1) is 0 Å². The summed E-state index contributed by atoms with van der Waals surface area (Å²) in [6, 6.07) is -0.886. The Balaban J connectivity index is 5.03. The van der Waals surface area contributed by atoms with Crippen LogP contribution in [0.15, 0.2) is 48.6 Å². The van der Waals surface area contributed by atoms with Crippen molar-refractivity contribution in [2.24, 2.45) is 0 Å². The summed E-state index contributed by atoms with van der Waals surface area (Å²) >= 11 is 0. The van der Waals surface area contributed by atoms with Gasteiger partial charge in [0.15, 0.2) is 0 Å². The molecule has 0 aromatic heterocycles. The van der Waals surface area contributed by atoms with Crippen molar-refractivity contribution in [1.29, 1.82) is 0 Å². The lowest BCUT2D eigenvalue weighted by molar-refractivity contribution is -0.870. The van der Waals surface area contributed by atoms with Crippen molar-refractivity contribution in [3.63, 3.8) is 0 Å². The third-order valence-electron chi connectivity index (χ3n) is 16.0. The maximum atomic E-state index is 13.6. The maximum absolute atomic E-state index is 13.6. The molecule has 0 aromatic rings. The van der Waals surface area contributed by atoms with Crippen LogP contribution in [-0.4, -0.2) is 69.4 Å². The minimum atomic E-state index is -4.70. The number of amides is 1. The van der Waals surface area contributed by atoms with Crippen molar-refractivity contribution in [3.05, 3.63) is 48.6 Å². The van der Waals surface area contributed by atoms with Gasteiger partial charge in [0.2, 0.25) is 5.91 Å². The second-order valence-corrected chi connectivity index (χ2v) is 26.8. The molecule has 0 aromatic carbocycles. The lowest BCUT2D eigenvalue weighted by atomic mass is 10.0. The molecular weight excluding hydrogens is 1040 g/mol. The Hall–Kier alpha value is -2.03. The molecule has 0 rings (SSSR count). The van der Waals surface area contributed by atoms with Gasteiger partial charge >= 0.3 is 5.97 Å². The largest absolute Gasteiger partial charge is 0.756 e. The Morgan fingerprint density at radius 2 is 0.744 bits per heavy atom. The fourth-order valence-electron chi connectivity index (χ4n) is 10.5. The number of rotatable bonds is 65. The van der Waals surface area contributed by atoms with Gasteiger partial charge < -0.3 is 28.5 Å². The van der Waals surface area contributed by atoms with E-state index in [1.54, 1.807) is 0 Å². The quantitative estimate of drug-likeness (QED) is 0.0212. The molecule has 1 N–H and O–H groups in total. The van der Waals surface area contributed by atoms with Gasteiger partial charge in [-0.05, 0) is 70.3 Å². The lowest BCUT2D eigenvalue weighted by Crippen LogP contribution is -2.47. The van der Waals surface area contributed by atoms with Crippen molar-refractivity contribution in [3.8, 4) is 0 Å². The van der Waals surface area contributed by atoms with E-state index in [1.165, 1.54) is 244 Å². The molecule has 9 nitrogen and oxygen atoms in total. The van der Waals surface area contributed by atoms with Gasteiger partial charge in [0.1, 0.15) is 19.3 Å². The highest BCUT2D eigenvalue weighted by molar-refractivity contribution is 7.45. The Morgan fingerprint density at radius 3 is 1.13 bits per heavy atom. The Bertz CT molecular complexity index is 1540. The first-order chi connectivity index (χ1) is 39.9. The van der Waals surface area contributed by atoms with Crippen LogP contribution in [0.3, 0.4) is 0 Å². The topological polar surface area (TPSA) is 114 Å². The fourth-order valence-corrected chi connectivity index (χ4v) is 11.3. The molecule has 0 heterocycles. The standard InChI is InChI=1S/C72H137N2O7P/c1-7-10-13-16-19-22-25-28-30-32-33-34-35-36-37-38-39-40-41-42-44-47-50-53-56-59-62-65-72(76)81-70(63-60-57-54-51-48-45-27-24-21-18-15-12-9-3)69(68-80-82(77,78)79-67-66-74(4,5)6)73-71(75)64-61-58-55-52-49-46-43-31-29-26-23-20-17-14-11-8-2/h19,22,28,30,33-34,60,63,69-70H,7-18,20-21,23-27,29,31-32,35-59,61-62,64-68H2,1-6H3,(H-,73,75,77,78)/b22-19-,30-28-,34-33-,63-60-. The highest BCUT2D eigenvalue weighted by Gasteiger charge is 2.27. The molecule has 0 aliphatic carbocycles. The zero-order chi connectivity index (χ0) is 60.0. The van der Waals surface area contributed by atoms with Crippen LogP contribution in [0.25, 0.3) is 0 Å². The molecule has 82 heavy (non-hydrogen) atoms. The monoisotopic (exact) mass is 1170 g/mol. The van der Waals surface area contributed by atoms with E-state index in [9.17, 15) is 19.0 Å². The second-order valence-electron chi connectivity index (χ2n) is 25.4. The third-order valence-corrected chi connectivity index (χ3v) is 17.0. The van der Waals surface area contributed by atoms with Gasteiger partial charge in [0, 0.05) is 12.8 Å². The van der Waals surface area contributed by atoms with Crippen LogP contribution < -0.4 is 10.2 Å². The summed E-state index contributed by atoms with van der Waals surface area (Å²) in [4.78, 5) is 40.2. The molecule has 0 aliphatic rings. The van der Waals surface area contributed by atoms with Crippen LogP contribution in [0.4, 0.5) is 0 Å². The van der Waals surface area contributed by atoms with Gasteiger partial charge in [-0.25, -0.2) is 0 Å². The number of hydrogen-bond acceptors (Lipinski definition) is 7. The van der Waals surface area contributed by atoms with Crippen LogP contribution in [-0.2, 0) is 27.9 Å². The summed E-state index contributed by atoms with van der Waals surface area (Å²) in [7, 11) is 1.20. The van der Waals surface area contributed by atoms with E-state index in [0.717, 1.165) is 70.6 Å². The number of allylic oxidation sites excluding steroid dienone is 7. The zero-order valence-corrected chi connectivity index (χ0v) is 56.1. The van der Waals surface area contributed by atoms with E-state index in [2.05, 4.69) is 62.5 Å². The SMILES string of the molecule is CCCCC/C=C\C/C=C\C/C=C\CCCCCCCCCCCCCCCCC(=O)OC(/C=C\CCCCCCCCCCCCC)C(COP(=O)([O-])OCC[N+](C)(C)C)NC(=O)CCCCCCCCCCCCCCCCCC. The molecule has 0 saturated carbocycles. The Labute approximate surface area is 509 Å². The normalized spacial score (nSPS) is 13.8.